The number of nitrogens with two attached hydrogens (primary N) is 2. The summed E-state index contributed by atoms with van der Waals surface area (Å²) in [6.45, 7) is 0.370. The highest BCUT2D eigenvalue weighted by atomic mass is 35.5. The van der Waals surface area contributed by atoms with Crippen LogP contribution in [0.15, 0.2) is 30.3 Å². The van der Waals surface area contributed by atoms with E-state index in [1.54, 1.807) is 16.8 Å². The Morgan fingerprint density at radius 3 is 2.73 bits per heavy atom. The molecule has 0 bridgehead atoms. The molecular weight excluding hydrogens is 212 g/mol. The Labute approximate surface area is 92.4 Å². The van der Waals surface area contributed by atoms with E-state index in [1.165, 1.54) is 0 Å². The molecule has 0 atom stereocenters. The molecule has 1 aromatic carbocycles. The second kappa shape index (κ2) is 3.92. The number of rotatable bonds is 2. The first kappa shape index (κ1) is 10.0. The number of nitrogens with zero attached hydrogens (tertiary/aromatic N) is 2. The van der Waals surface area contributed by atoms with Crippen LogP contribution in [0.5, 0.6) is 0 Å². The maximum Gasteiger partial charge on any atom is 0.146 e. The zero-order valence-corrected chi connectivity index (χ0v) is 8.78. The molecule has 4 nitrogen and oxygen atoms in total. The minimum atomic E-state index is 0.370. The van der Waals surface area contributed by atoms with Gasteiger partial charge in [0.2, 0.25) is 0 Å². The van der Waals surface area contributed by atoms with Crippen molar-refractivity contribution in [2.24, 2.45) is 5.73 Å². The molecule has 0 saturated carbocycles. The Balaban J connectivity index is 2.58. The summed E-state index contributed by atoms with van der Waals surface area (Å²) in [4.78, 5) is 0. The summed E-state index contributed by atoms with van der Waals surface area (Å²) in [5.41, 5.74) is 12.8. The first-order valence-electron chi connectivity index (χ1n) is 4.51. The van der Waals surface area contributed by atoms with E-state index in [0.717, 1.165) is 11.4 Å². The van der Waals surface area contributed by atoms with Crippen LogP contribution in [-0.4, -0.2) is 9.78 Å². The lowest BCUT2D eigenvalue weighted by Gasteiger charge is -2.06. The predicted octanol–water partition coefficient (Wildman–Crippen LogP) is 1.57. The lowest BCUT2D eigenvalue weighted by atomic mass is 10.3. The molecule has 0 unspecified atom stereocenters. The average molecular weight is 223 g/mol. The van der Waals surface area contributed by atoms with Crippen molar-refractivity contribution in [3.05, 3.63) is 41.0 Å². The zero-order chi connectivity index (χ0) is 10.8. The van der Waals surface area contributed by atoms with Crippen LogP contribution in [0.3, 0.4) is 0 Å². The maximum atomic E-state index is 6.05. The summed E-state index contributed by atoms with van der Waals surface area (Å²) in [6, 6.07) is 9.16. The molecule has 1 heterocycles. The van der Waals surface area contributed by atoms with Gasteiger partial charge in [-0.2, -0.15) is 5.10 Å². The molecule has 0 amide bonds. The molecule has 0 aliphatic rings. The van der Waals surface area contributed by atoms with Gasteiger partial charge < -0.3 is 11.5 Å². The fourth-order valence-corrected chi connectivity index (χ4v) is 1.63. The van der Waals surface area contributed by atoms with Gasteiger partial charge in [0.15, 0.2) is 0 Å². The Hall–Kier alpha value is -1.52. The van der Waals surface area contributed by atoms with Crippen LogP contribution in [0.25, 0.3) is 5.69 Å². The molecule has 0 radical (unpaired) electrons. The lowest BCUT2D eigenvalue weighted by Crippen LogP contribution is -2.07. The van der Waals surface area contributed by atoms with Crippen molar-refractivity contribution in [1.82, 2.24) is 9.78 Å². The minimum absolute atomic E-state index is 0.370. The van der Waals surface area contributed by atoms with Crippen molar-refractivity contribution in [3.8, 4) is 5.69 Å². The maximum absolute atomic E-state index is 6.05. The van der Waals surface area contributed by atoms with E-state index in [2.05, 4.69) is 5.10 Å². The molecule has 5 heteroatoms. The third-order valence-corrected chi connectivity index (χ3v) is 2.41. The van der Waals surface area contributed by atoms with Crippen LogP contribution in [0.2, 0.25) is 5.02 Å². The van der Waals surface area contributed by atoms with Crippen LogP contribution < -0.4 is 11.5 Å². The lowest BCUT2D eigenvalue weighted by molar-refractivity contribution is 0.807. The number of hydrogen-bond donors (Lipinski definition) is 2. The van der Waals surface area contributed by atoms with Crippen molar-refractivity contribution >= 4 is 17.4 Å². The van der Waals surface area contributed by atoms with Crippen LogP contribution in [-0.2, 0) is 6.54 Å². The molecule has 1 aromatic heterocycles. The first-order chi connectivity index (χ1) is 7.22. The van der Waals surface area contributed by atoms with Gasteiger partial charge in [0.05, 0.1) is 16.4 Å². The molecule has 0 aliphatic carbocycles. The number of hydrogen-bond acceptors (Lipinski definition) is 3. The van der Waals surface area contributed by atoms with Crippen molar-refractivity contribution in [2.75, 3.05) is 5.73 Å². The van der Waals surface area contributed by atoms with Gasteiger partial charge in [0.25, 0.3) is 0 Å². The summed E-state index contributed by atoms with van der Waals surface area (Å²) in [5, 5.41) is 4.76. The summed E-state index contributed by atoms with van der Waals surface area (Å²) >= 11 is 6.05. The Bertz CT molecular complexity index is 478. The summed E-state index contributed by atoms with van der Waals surface area (Å²) in [5.74, 6) is 0.440. The Kier molecular flexibility index (Phi) is 2.62. The van der Waals surface area contributed by atoms with Gasteiger partial charge in [-0.05, 0) is 12.1 Å². The number of para-hydroxylation sites is 1. The standard InChI is InChI=1S/C10H11ClN4/c11-8-3-1-2-4-9(8)15-7(6-12)5-10(13)14-15/h1-5H,6,12H2,(H2,13,14). The highest BCUT2D eigenvalue weighted by Gasteiger charge is 2.08. The summed E-state index contributed by atoms with van der Waals surface area (Å²) in [7, 11) is 0. The Morgan fingerprint density at radius 2 is 2.07 bits per heavy atom. The highest BCUT2D eigenvalue weighted by Crippen LogP contribution is 2.21. The second-order valence-electron chi connectivity index (χ2n) is 3.13. The molecule has 0 aliphatic heterocycles. The fourth-order valence-electron chi connectivity index (χ4n) is 1.42. The number of nitrogen functional groups attached to an aromatic ring is 1. The number of halogens is 1. The van der Waals surface area contributed by atoms with E-state index in [4.69, 9.17) is 23.1 Å². The summed E-state index contributed by atoms with van der Waals surface area (Å²) < 4.78 is 1.66. The largest absolute Gasteiger partial charge is 0.382 e. The molecule has 4 N–H and O–H groups in total. The van der Waals surface area contributed by atoms with E-state index < -0.39 is 0 Å². The van der Waals surface area contributed by atoms with Crippen LogP contribution in [0.4, 0.5) is 5.82 Å². The van der Waals surface area contributed by atoms with Gasteiger partial charge in [-0.15, -0.1) is 0 Å². The molecule has 2 aromatic rings. The molecule has 15 heavy (non-hydrogen) atoms. The predicted molar refractivity (Wildman–Crippen MR) is 60.9 cm³/mol. The monoisotopic (exact) mass is 222 g/mol. The van der Waals surface area contributed by atoms with Crippen molar-refractivity contribution in [1.29, 1.82) is 0 Å². The Morgan fingerprint density at radius 1 is 1.33 bits per heavy atom. The third kappa shape index (κ3) is 1.82. The van der Waals surface area contributed by atoms with Gasteiger partial charge in [-0.3, -0.25) is 0 Å². The molecule has 0 saturated heterocycles. The van der Waals surface area contributed by atoms with Gasteiger partial charge in [0.1, 0.15) is 5.82 Å². The van der Waals surface area contributed by atoms with Gasteiger partial charge >= 0.3 is 0 Å². The molecule has 0 spiro atoms. The molecule has 2 rings (SSSR count). The smallest absolute Gasteiger partial charge is 0.146 e. The van der Waals surface area contributed by atoms with E-state index in [-0.39, 0.29) is 0 Å². The van der Waals surface area contributed by atoms with Crippen LogP contribution >= 0.6 is 11.6 Å². The quantitative estimate of drug-likeness (QED) is 0.810. The van der Waals surface area contributed by atoms with Crippen LogP contribution in [0.1, 0.15) is 5.69 Å². The number of aromatic nitrogens is 2. The van der Waals surface area contributed by atoms with Crippen LogP contribution in [0, 0.1) is 0 Å². The minimum Gasteiger partial charge on any atom is -0.382 e. The SMILES string of the molecule is NCc1cc(N)nn1-c1ccccc1Cl. The van der Waals surface area contributed by atoms with E-state index in [0.29, 0.717) is 17.4 Å². The van der Waals surface area contributed by atoms with E-state index >= 15 is 0 Å². The third-order valence-electron chi connectivity index (χ3n) is 2.09. The van der Waals surface area contributed by atoms with Crippen molar-refractivity contribution in [2.45, 2.75) is 6.54 Å². The van der Waals surface area contributed by atoms with Gasteiger partial charge in [-0.25, -0.2) is 4.68 Å². The summed E-state index contributed by atoms with van der Waals surface area (Å²) in [6.07, 6.45) is 0. The van der Waals surface area contributed by atoms with Gasteiger partial charge in [0, 0.05) is 12.6 Å². The number of anilines is 1. The first-order valence-corrected chi connectivity index (χ1v) is 4.89. The number of benzene rings is 1. The van der Waals surface area contributed by atoms with Crippen molar-refractivity contribution in [3.63, 3.8) is 0 Å². The normalized spacial score (nSPS) is 10.5. The molecular formula is C10H11ClN4. The molecule has 0 fully saturated rings. The van der Waals surface area contributed by atoms with E-state index in [9.17, 15) is 0 Å². The highest BCUT2D eigenvalue weighted by molar-refractivity contribution is 6.32. The second-order valence-corrected chi connectivity index (χ2v) is 3.54. The average Bonchev–Trinajstić information content (AvgIpc) is 2.60. The van der Waals surface area contributed by atoms with Crippen molar-refractivity contribution < 1.29 is 0 Å². The molecule has 78 valence electrons. The van der Waals surface area contributed by atoms with Gasteiger partial charge in [-0.1, -0.05) is 23.7 Å². The van der Waals surface area contributed by atoms with E-state index in [1.807, 2.05) is 18.2 Å². The topological polar surface area (TPSA) is 69.9 Å². The zero-order valence-electron chi connectivity index (χ0n) is 8.02. The fraction of sp³-hybridized carbons (Fsp3) is 0.100.